The van der Waals surface area contributed by atoms with Gasteiger partial charge in [-0.25, -0.2) is 17.8 Å². The third kappa shape index (κ3) is 4.74. The molecule has 0 saturated heterocycles. The highest BCUT2D eigenvalue weighted by Crippen LogP contribution is 2.17. The molecule has 0 bridgehead atoms. The first-order chi connectivity index (χ1) is 14.3. The topological polar surface area (TPSA) is 93.1 Å². The summed E-state index contributed by atoms with van der Waals surface area (Å²) in [4.78, 5) is 16.4. The van der Waals surface area contributed by atoms with Crippen molar-refractivity contribution >= 4 is 15.9 Å². The Balaban J connectivity index is 1.65. The first-order valence-corrected chi connectivity index (χ1v) is 10.4. The molecule has 0 atom stereocenters. The Kier molecular flexibility index (Phi) is 6.30. The van der Waals surface area contributed by atoms with Gasteiger partial charge in [0.05, 0.1) is 17.1 Å². The lowest BCUT2D eigenvalue weighted by Crippen LogP contribution is -2.25. The average Bonchev–Trinajstić information content (AvgIpc) is 3.16. The van der Waals surface area contributed by atoms with Crippen LogP contribution >= 0.6 is 0 Å². The Morgan fingerprint density at radius 1 is 1.23 bits per heavy atom. The third-order valence-electron chi connectivity index (χ3n) is 4.34. The molecule has 0 fully saturated rings. The van der Waals surface area contributed by atoms with Gasteiger partial charge in [0, 0.05) is 24.5 Å². The standard InChI is InChI=1S/C21H19FN4O3S/c1-3-10-25-30(28,29)18-7-5-17(6-8-18)21(27)24-14-16-4-9-20(19(22)13-16)26-12-11-23-15(26)2/h1,4-9,11-13,25H,10,14H2,2H3,(H,24,27). The molecule has 0 aliphatic heterocycles. The van der Waals surface area contributed by atoms with E-state index in [1.54, 1.807) is 36.0 Å². The van der Waals surface area contributed by atoms with Gasteiger partial charge in [-0.1, -0.05) is 12.0 Å². The van der Waals surface area contributed by atoms with Crippen LogP contribution in [0.2, 0.25) is 0 Å². The molecule has 0 aliphatic rings. The van der Waals surface area contributed by atoms with Crippen molar-refractivity contribution < 1.29 is 17.6 Å². The number of amides is 1. The van der Waals surface area contributed by atoms with Crippen molar-refractivity contribution in [3.8, 4) is 18.0 Å². The molecule has 2 aromatic carbocycles. The van der Waals surface area contributed by atoms with Gasteiger partial charge in [0.1, 0.15) is 11.6 Å². The average molecular weight is 426 g/mol. The number of rotatable bonds is 7. The largest absolute Gasteiger partial charge is 0.348 e. The molecule has 0 unspecified atom stereocenters. The van der Waals surface area contributed by atoms with Crippen molar-refractivity contribution in [2.45, 2.75) is 18.4 Å². The van der Waals surface area contributed by atoms with Gasteiger partial charge in [-0.2, -0.15) is 4.72 Å². The Labute approximate surface area is 174 Å². The minimum Gasteiger partial charge on any atom is -0.348 e. The van der Waals surface area contributed by atoms with E-state index in [1.807, 2.05) is 0 Å². The number of hydrogen-bond acceptors (Lipinski definition) is 4. The quantitative estimate of drug-likeness (QED) is 0.567. The van der Waals surface area contributed by atoms with E-state index < -0.39 is 21.7 Å². The zero-order chi connectivity index (χ0) is 21.7. The first-order valence-electron chi connectivity index (χ1n) is 8.92. The highest BCUT2D eigenvalue weighted by molar-refractivity contribution is 7.89. The van der Waals surface area contributed by atoms with Gasteiger partial charge in [-0.3, -0.25) is 4.79 Å². The number of carbonyl (C=O) groups is 1. The number of benzene rings is 2. The van der Waals surface area contributed by atoms with Crippen LogP contribution in [0.15, 0.2) is 59.8 Å². The number of aromatic nitrogens is 2. The van der Waals surface area contributed by atoms with E-state index in [-0.39, 0.29) is 23.5 Å². The lowest BCUT2D eigenvalue weighted by Gasteiger charge is -2.10. The van der Waals surface area contributed by atoms with Crippen molar-refractivity contribution in [1.29, 1.82) is 0 Å². The number of nitrogens with one attached hydrogen (secondary N) is 2. The summed E-state index contributed by atoms with van der Waals surface area (Å²) < 4.78 is 42.3. The molecule has 7 nitrogen and oxygen atoms in total. The lowest BCUT2D eigenvalue weighted by atomic mass is 10.1. The zero-order valence-electron chi connectivity index (χ0n) is 16.1. The number of terminal acetylenes is 1. The fourth-order valence-electron chi connectivity index (χ4n) is 2.78. The van der Waals surface area contributed by atoms with Gasteiger partial charge in [-0.05, 0) is 48.9 Å². The third-order valence-corrected chi connectivity index (χ3v) is 5.76. The van der Waals surface area contributed by atoms with Gasteiger partial charge in [0.25, 0.3) is 5.91 Å². The molecule has 0 aliphatic carbocycles. The minimum atomic E-state index is -3.72. The number of hydrogen-bond donors (Lipinski definition) is 2. The van der Waals surface area contributed by atoms with E-state index in [0.717, 1.165) is 0 Å². The molecule has 3 aromatic rings. The van der Waals surface area contributed by atoms with Crippen LogP contribution in [0.5, 0.6) is 0 Å². The number of carbonyl (C=O) groups excluding carboxylic acids is 1. The summed E-state index contributed by atoms with van der Waals surface area (Å²) in [7, 11) is -3.72. The second-order valence-corrected chi connectivity index (χ2v) is 8.13. The predicted molar refractivity (Wildman–Crippen MR) is 110 cm³/mol. The number of sulfonamides is 1. The number of nitrogens with zero attached hydrogens (tertiary/aromatic N) is 2. The molecule has 2 N–H and O–H groups in total. The molecule has 3 rings (SSSR count). The van der Waals surface area contributed by atoms with Crippen molar-refractivity contribution in [3.63, 3.8) is 0 Å². The lowest BCUT2D eigenvalue weighted by molar-refractivity contribution is 0.0950. The molecule has 9 heteroatoms. The zero-order valence-corrected chi connectivity index (χ0v) is 16.9. The van der Waals surface area contributed by atoms with Crippen LogP contribution in [0, 0.1) is 25.1 Å². The van der Waals surface area contributed by atoms with Crippen LogP contribution in [-0.4, -0.2) is 30.4 Å². The maximum Gasteiger partial charge on any atom is 0.251 e. The summed E-state index contributed by atoms with van der Waals surface area (Å²) in [5, 5.41) is 2.68. The second kappa shape index (κ2) is 8.90. The summed E-state index contributed by atoms with van der Waals surface area (Å²) >= 11 is 0. The maximum absolute atomic E-state index is 14.4. The van der Waals surface area contributed by atoms with Gasteiger partial charge in [0.2, 0.25) is 10.0 Å². The Hall–Kier alpha value is -3.48. The highest BCUT2D eigenvalue weighted by Gasteiger charge is 2.14. The van der Waals surface area contributed by atoms with Crippen LogP contribution in [-0.2, 0) is 16.6 Å². The summed E-state index contributed by atoms with van der Waals surface area (Å²) in [6, 6.07) is 10.1. The first kappa shape index (κ1) is 21.2. The van der Waals surface area contributed by atoms with Gasteiger partial charge < -0.3 is 9.88 Å². The van der Waals surface area contributed by atoms with Crippen molar-refractivity contribution in [2.24, 2.45) is 0 Å². The van der Waals surface area contributed by atoms with Gasteiger partial charge in [-0.15, -0.1) is 6.42 Å². The van der Waals surface area contributed by atoms with E-state index in [4.69, 9.17) is 6.42 Å². The van der Waals surface area contributed by atoms with Crippen molar-refractivity contribution in [1.82, 2.24) is 19.6 Å². The van der Waals surface area contributed by atoms with Crippen molar-refractivity contribution in [3.05, 3.63) is 77.6 Å². The van der Waals surface area contributed by atoms with Crippen LogP contribution in [0.4, 0.5) is 4.39 Å². The van der Waals surface area contributed by atoms with Crippen LogP contribution in [0.1, 0.15) is 21.7 Å². The highest BCUT2D eigenvalue weighted by atomic mass is 32.2. The molecule has 0 radical (unpaired) electrons. The summed E-state index contributed by atoms with van der Waals surface area (Å²) in [6.45, 7) is 1.76. The van der Waals surface area contributed by atoms with Gasteiger partial charge >= 0.3 is 0 Å². The molecular formula is C21H19FN4O3S. The molecule has 154 valence electrons. The molecule has 1 aromatic heterocycles. The van der Waals surface area contributed by atoms with E-state index in [2.05, 4.69) is 20.9 Å². The molecule has 0 saturated carbocycles. The molecule has 1 amide bonds. The molecule has 0 spiro atoms. The van der Waals surface area contributed by atoms with E-state index in [1.165, 1.54) is 30.3 Å². The fourth-order valence-corrected chi connectivity index (χ4v) is 3.71. The van der Waals surface area contributed by atoms with E-state index in [0.29, 0.717) is 17.1 Å². The molecule has 1 heterocycles. The SMILES string of the molecule is C#CCNS(=O)(=O)c1ccc(C(=O)NCc2ccc(-n3ccnc3C)c(F)c2)cc1. The normalized spacial score (nSPS) is 11.1. The van der Waals surface area contributed by atoms with E-state index >= 15 is 0 Å². The van der Waals surface area contributed by atoms with Crippen molar-refractivity contribution in [2.75, 3.05) is 6.54 Å². The summed E-state index contributed by atoms with van der Waals surface area (Å²) in [6.07, 6.45) is 8.31. The summed E-state index contributed by atoms with van der Waals surface area (Å²) in [5.74, 6) is 2.00. The van der Waals surface area contributed by atoms with Crippen LogP contribution in [0.3, 0.4) is 0 Å². The molecule has 30 heavy (non-hydrogen) atoms. The Morgan fingerprint density at radius 2 is 1.97 bits per heavy atom. The summed E-state index contributed by atoms with van der Waals surface area (Å²) in [5.41, 5.74) is 1.23. The number of imidazole rings is 1. The Morgan fingerprint density at radius 3 is 2.57 bits per heavy atom. The Bertz CT molecular complexity index is 1210. The monoisotopic (exact) mass is 426 g/mol. The maximum atomic E-state index is 14.4. The number of halogens is 1. The van der Waals surface area contributed by atoms with Crippen LogP contribution < -0.4 is 10.0 Å². The smallest absolute Gasteiger partial charge is 0.251 e. The van der Waals surface area contributed by atoms with Crippen LogP contribution in [0.25, 0.3) is 5.69 Å². The minimum absolute atomic E-state index is 0.00163. The number of aryl methyl sites for hydroxylation is 1. The fraction of sp³-hybridized carbons (Fsp3) is 0.143. The molecular weight excluding hydrogens is 407 g/mol. The second-order valence-electron chi connectivity index (χ2n) is 6.37. The predicted octanol–water partition coefficient (Wildman–Crippen LogP) is 2.16. The van der Waals surface area contributed by atoms with Gasteiger partial charge in [0.15, 0.2) is 0 Å². The van der Waals surface area contributed by atoms with E-state index in [9.17, 15) is 17.6 Å².